The first-order valence-corrected chi connectivity index (χ1v) is 8.09. The predicted octanol–water partition coefficient (Wildman–Crippen LogP) is 2.41. The third kappa shape index (κ3) is 2.44. The fourth-order valence-corrected chi connectivity index (χ4v) is 4.21. The van der Waals surface area contributed by atoms with Crippen molar-refractivity contribution in [3.63, 3.8) is 0 Å². The van der Waals surface area contributed by atoms with Crippen molar-refractivity contribution in [1.82, 2.24) is 0 Å². The third-order valence-electron chi connectivity index (χ3n) is 3.65. The molecule has 0 radical (unpaired) electrons. The number of hydrogen-bond acceptors (Lipinski definition) is 3. The van der Waals surface area contributed by atoms with E-state index >= 15 is 0 Å². The van der Waals surface area contributed by atoms with Gasteiger partial charge in [-0.25, -0.2) is 22.0 Å². The highest BCUT2D eigenvalue weighted by Crippen LogP contribution is 2.35. The van der Waals surface area contributed by atoms with E-state index in [0.29, 0.717) is 5.56 Å². The number of sulfonamides is 1. The molecular formula is C15H11F2NO4S. The maximum atomic E-state index is 13.8. The molecule has 5 nitrogen and oxygen atoms in total. The largest absolute Gasteiger partial charge is 0.478 e. The number of nitrogens with zero attached hydrogens (tertiary/aromatic N) is 1. The number of carbonyl (C=O) groups is 1. The Bertz CT molecular complexity index is 891. The summed E-state index contributed by atoms with van der Waals surface area (Å²) in [5.74, 6) is -3.46. The molecule has 0 bridgehead atoms. The molecular weight excluding hydrogens is 328 g/mol. The van der Waals surface area contributed by atoms with Crippen molar-refractivity contribution >= 4 is 21.7 Å². The summed E-state index contributed by atoms with van der Waals surface area (Å²) in [4.78, 5) is 9.95. The molecule has 1 aliphatic rings. The molecule has 2 aromatic carbocycles. The zero-order valence-electron chi connectivity index (χ0n) is 11.7. The normalized spacial score (nSPS) is 13.9. The van der Waals surface area contributed by atoms with Gasteiger partial charge >= 0.3 is 5.97 Å². The smallest absolute Gasteiger partial charge is 0.335 e. The minimum absolute atomic E-state index is 0.00544. The molecule has 1 N–H and O–H groups in total. The van der Waals surface area contributed by atoms with Crippen molar-refractivity contribution in [2.75, 3.05) is 10.8 Å². The lowest BCUT2D eigenvalue weighted by molar-refractivity contribution is 0.0697. The summed E-state index contributed by atoms with van der Waals surface area (Å²) in [6.45, 7) is -0.00544. The average molecular weight is 339 g/mol. The van der Waals surface area contributed by atoms with Crippen LogP contribution in [0, 0.1) is 11.6 Å². The first-order chi connectivity index (χ1) is 10.8. The third-order valence-corrected chi connectivity index (χ3v) is 5.51. The minimum Gasteiger partial charge on any atom is -0.478 e. The summed E-state index contributed by atoms with van der Waals surface area (Å²) in [5.41, 5.74) is 0.767. The van der Waals surface area contributed by atoms with Crippen molar-refractivity contribution in [3.8, 4) is 0 Å². The number of rotatable bonds is 3. The van der Waals surface area contributed by atoms with E-state index in [2.05, 4.69) is 0 Å². The quantitative estimate of drug-likeness (QED) is 0.932. The van der Waals surface area contributed by atoms with Gasteiger partial charge in [0.25, 0.3) is 10.0 Å². The van der Waals surface area contributed by atoms with E-state index in [0.717, 1.165) is 22.5 Å². The van der Waals surface area contributed by atoms with E-state index in [-0.39, 0.29) is 24.2 Å². The lowest BCUT2D eigenvalue weighted by Gasteiger charge is -2.20. The Hall–Kier alpha value is -2.48. The highest BCUT2D eigenvalue weighted by Gasteiger charge is 2.35. The Morgan fingerprint density at radius 3 is 2.39 bits per heavy atom. The second kappa shape index (κ2) is 5.31. The first-order valence-electron chi connectivity index (χ1n) is 6.65. The van der Waals surface area contributed by atoms with Crippen LogP contribution < -0.4 is 4.31 Å². The van der Waals surface area contributed by atoms with Gasteiger partial charge < -0.3 is 5.11 Å². The summed E-state index contributed by atoms with van der Waals surface area (Å²) in [7, 11) is -4.41. The molecule has 0 spiro atoms. The van der Waals surface area contributed by atoms with Crippen LogP contribution in [-0.4, -0.2) is 26.0 Å². The van der Waals surface area contributed by atoms with Crippen LogP contribution >= 0.6 is 0 Å². The van der Waals surface area contributed by atoms with E-state index in [1.807, 2.05) is 0 Å². The summed E-state index contributed by atoms with van der Waals surface area (Å²) in [6.07, 6.45) is 0.270. The van der Waals surface area contributed by atoms with Gasteiger partial charge in [0.2, 0.25) is 0 Å². The summed E-state index contributed by atoms with van der Waals surface area (Å²) in [6, 6.07) is 6.79. The minimum atomic E-state index is -4.41. The van der Waals surface area contributed by atoms with E-state index in [1.54, 1.807) is 0 Å². The number of carboxylic acids is 1. The zero-order valence-corrected chi connectivity index (χ0v) is 12.5. The maximum absolute atomic E-state index is 13.8. The van der Waals surface area contributed by atoms with Gasteiger partial charge in [-0.15, -0.1) is 0 Å². The van der Waals surface area contributed by atoms with Crippen molar-refractivity contribution < 1.29 is 27.1 Å². The van der Waals surface area contributed by atoms with Crippen molar-refractivity contribution in [2.45, 2.75) is 11.3 Å². The summed E-state index contributed by atoms with van der Waals surface area (Å²) in [5, 5.41) is 8.96. The Balaban J connectivity index is 2.10. The van der Waals surface area contributed by atoms with Crippen LogP contribution in [0.5, 0.6) is 0 Å². The van der Waals surface area contributed by atoms with Gasteiger partial charge in [-0.3, -0.25) is 4.31 Å². The molecule has 0 aliphatic carbocycles. The van der Waals surface area contributed by atoms with E-state index < -0.39 is 32.5 Å². The number of hydrogen-bond donors (Lipinski definition) is 1. The maximum Gasteiger partial charge on any atom is 0.335 e. The molecule has 0 amide bonds. The molecule has 23 heavy (non-hydrogen) atoms. The van der Waals surface area contributed by atoms with Crippen LogP contribution in [0.3, 0.4) is 0 Å². The van der Waals surface area contributed by atoms with Gasteiger partial charge in [0, 0.05) is 6.54 Å². The van der Waals surface area contributed by atoms with Crippen LogP contribution in [-0.2, 0) is 16.4 Å². The fraction of sp³-hybridized carbons (Fsp3) is 0.133. The number of carboxylic acid groups (broad SMARTS) is 1. The van der Waals surface area contributed by atoms with Gasteiger partial charge in [0.1, 0.15) is 11.6 Å². The fourth-order valence-electron chi connectivity index (χ4n) is 2.59. The monoisotopic (exact) mass is 339 g/mol. The number of aromatic carboxylic acids is 1. The molecule has 0 saturated heterocycles. The second-order valence-corrected chi connectivity index (χ2v) is 6.83. The molecule has 0 atom stereocenters. The summed E-state index contributed by atoms with van der Waals surface area (Å²) < 4.78 is 53.7. The van der Waals surface area contributed by atoms with Gasteiger partial charge in [-0.05, 0) is 42.3 Å². The highest BCUT2D eigenvalue weighted by molar-refractivity contribution is 7.92. The molecule has 1 aliphatic heterocycles. The van der Waals surface area contributed by atoms with Crippen molar-refractivity contribution in [3.05, 3.63) is 59.2 Å². The average Bonchev–Trinajstić information content (AvgIpc) is 2.90. The molecule has 1 heterocycles. The molecule has 0 aromatic heterocycles. The molecule has 0 unspecified atom stereocenters. The Kier molecular flexibility index (Phi) is 3.56. The number of anilines is 1. The van der Waals surface area contributed by atoms with Gasteiger partial charge in [-0.2, -0.15) is 0 Å². The van der Waals surface area contributed by atoms with E-state index in [1.165, 1.54) is 18.2 Å². The van der Waals surface area contributed by atoms with Crippen LogP contribution in [0.4, 0.5) is 14.5 Å². The lowest BCUT2D eigenvalue weighted by atomic mass is 10.1. The van der Waals surface area contributed by atoms with Gasteiger partial charge in [-0.1, -0.05) is 6.07 Å². The Morgan fingerprint density at radius 2 is 1.78 bits per heavy atom. The zero-order chi connectivity index (χ0) is 16.8. The van der Waals surface area contributed by atoms with Crippen LogP contribution in [0.25, 0.3) is 0 Å². The SMILES string of the molecule is O=C(O)c1ccc2c(c1)CCN2S(=O)(=O)c1c(F)cccc1F. The van der Waals surface area contributed by atoms with E-state index in [9.17, 15) is 22.0 Å². The van der Waals surface area contributed by atoms with Crippen LogP contribution in [0.2, 0.25) is 0 Å². The topological polar surface area (TPSA) is 74.7 Å². The standard InChI is InChI=1S/C15H11F2NO4S/c16-11-2-1-3-12(17)14(11)23(21,22)18-7-6-9-8-10(15(19)20)4-5-13(9)18/h1-5,8H,6-7H2,(H,19,20). The van der Waals surface area contributed by atoms with Gasteiger partial charge in [0.15, 0.2) is 4.90 Å². The number of fused-ring (bicyclic) bond motifs is 1. The number of benzene rings is 2. The lowest BCUT2D eigenvalue weighted by Crippen LogP contribution is -2.30. The molecule has 0 saturated carbocycles. The van der Waals surface area contributed by atoms with Crippen molar-refractivity contribution in [2.24, 2.45) is 0 Å². The van der Waals surface area contributed by atoms with Crippen LogP contribution in [0.1, 0.15) is 15.9 Å². The Labute approximate surface area is 130 Å². The first kappa shape index (κ1) is 15.4. The molecule has 8 heteroatoms. The molecule has 3 rings (SSSR count). The summed E-state index contributed by atoms with van der Waals surface area (Å²) >= 11 is 0. The number of halogens is 2. The highest BCUT2D eigenvalue weighted by atomic mass is 32.2. The molecule has 2 aromatic rings. The predicted molar refractivity (Wildman–Crippen MR) is 78.0 cm³/mol. The van der Waals surface area contributed by atoms with E-state index in [4.69, 9.17) is 5.11 Å². The Morgan fingerprint density at radius 1 is 1.13 bits per heavy atom. The molecule has 120 valence electrons. The van der Waals surface area contributed by atoms with Crippen molar-refractivity contribution in [1.29, 1.82) is 0 Å². The van der Waals surface area contributed by atoms with Crippen LogP contribution in [0.15, 0.2) is 41.3 Å². The molecule has 0 fully saturated rings. The van der Waals surface area contributed by atoms with Gasteiger partial charge in [0.05, 0.1) is 11.3 Å². The second-order valence-electron chi connectivity index (χ2n) is 5.03.